The molecule has 1 atom stereocenters. The highest BCUT2D eigenvalue weighted by Crippen LogP contribution is 2.33. The summed E-state index contributed by atoms with van der Waals surface area (Å²) in [4.78, 5) is 0. The molecule has 0 radical (unpaired) electrons. The largest absolute Gasteiger partial charge is 0.489 e. The van der Waals surface area contributed by atoms with Crippen LogP contribution in [0.15, 0.2) is 54.6 Å². The standard InChI is InChI=1S/C19H21NO/c20-18-12-4-11-17-16(18)10-5-13-19(17)21-14-6-9-15-7-2-1-3-8-15/h1-3,5-10,13,18H,4,11-12,14,20H2. The fraction of sp³-hybridized carbons (Fsp3) is 0.263. The van der Waals surface area contributed by atoms with Crippen molar-refractivity contribution in [3.05, 3.63) is 71.3 Å². The van der Waals surface area contributed by atoms with Crippen molar-refractivity contribution in [2.75, 3.05) is 6.61 Å². The third-order valence-corrected chi connectivity index (χ3v) is 3.96. The van der Waals surface area contributed by atoms with E-state index >= 15 is 0 Å². The molecule has 0 heterocycles. The molecule has 0 bridgehead atoms. The van der Waals surface area contributed by atoms with Gasteiger partial charge < -0.3 is 10.5 Å². The van der Waals surface area contributed by atoms with Crippen molar-refractivity contribution in [3.8, 4) is 5.75 Å². The summed E-state index contributed by atoms with van der Waals surface area (Å²) in [5.41, 5.74) is 9.92. The number of nitrogens with two attached hydrogens (primary N) is 1. The summed E-state index contributed by atoms with van der Waals surface area (Å²) in [5, 5.41) is 0. The Morgan fingerprint density at radius 3 is 2.81 bits per heavy atom. The molecule has 0 aliphatic heterocycles. The number of benzene rings is 2. The molecule has 2 N–H and O–H groups in total. The lowest BCUT2D eigenvalue weighted by Gasteiger charge is -2.24. The minimum absolute atomic E-state index is 0.164. The molecule has 1 unspecified atom stereocenters. The van der Waals surface area contributed by atoms with Crippen LogP contribution in [0.2, 0.25) is 0 Å². The molecule has 0 aromatic heterocycles. The van der Waals surface area contributed by atoms with Crippen LogP contribution >= 0.6 is 0 Å². The third-order valence-electron chi connectivity index (χ3n) is 3.96. The second-order valence-corrected chi connectivity index (χ2v) is 5.45. The van der Waals surface area contributed by atoms with E-state index in [0.29, 0.717) is 6.61 Å². The third kappa shape index (κ3) is 3.34. The molecule has 1 aliphatic rings. The Bertz CT molecular complexity index is 619. The Morgan fingerprint density at radius 1 is 1.10 bits per heavy atom. The Hall–Kier alpha value is -2.06. The van der Waals surface area contributed by atoms with Gasteiger partial charge in [0.05, 0.1) is 0 Å². The van der Waals surface area contributed by atoms with E-state index in [9.17, 15) is 0 Å². The SMILES string of the molecule is NC1CCCc2c(OCC=Cc3ccccc3)cccc21. The van der Waals surface area contributed by atoms with Crippen molar-refractivity contribution in [1.82, 2.24) is 0 Å². The number of hydrogen-bond acceptors (Lipinski definition) is 2. The van der Waals surface area contributed by atoms with Gasteiger partial charge in [0.2, 0.25) is 0 Å². The number of rotatable bonds is 4. The van der Waals surface area contributed by atoms with Crippen molar-refractivity contribution in [3.63, 3.8) is 0 Å². The lowest BCUT2D eigenvalue weighted by Crippen LogP contribution is -2.18. The zero-order valence-corrected chi connectivity index (χ0v) is 12.2. The molecule has 0 saturated carbocycles. The molecule has 108 valence electrons. The number of ether oxygens (including phenoxy) is 1. The maximum atomic E-state index is 6.18. The summed E-state index contributed by atoms with van der Waals surface area (Å²) in [6.07, 6.45) is 7.43. The second-order valence-electron chi connectivity index (χ2n) is 5.45. The van der Waals surface area contributed by atoms with Gasteiger partial charge in [-0.1, -0.05) is 48.5 Å². The summed E-state index contributed by atoms with van der Waals surface area (Å²) in [5.74, 6) is 0.986. The predicted octanol–water partition coefficient (Wildman–Crippen LogP) is 4.11. The number of hydrogen-bond donors (Lipinski definition) is 1. The maximum absolute atomic E-state index is 6.18. The predicted molar refractivity (Wildman–Crippen MR) is 87.3 cm³/mol. The molecule has 0 fully saturated rings. The van der Waals surface area contributed by atoms with Crippen LogP contribution in [0.4, 0.5) is 0 Å². The molecule has 0 amide bonds. The summed E-state index contributed by atoms with van der Waals surface area (Å²) < 4.78 is 5.93. The molecular weight excluding hydrogens is 258 g/mol. The van der Waals surface area contributed by atoms with E-state index in [4.69, 9.17) is 10.5 Å². The van der Waals surface area contributed by atoms with Gasteiger partial charge in [-0.15, -0.1) is 0 Å². The molecule has 3 rings (SSSR count). The lowest BCUT2D eigenvalue weighted by atomic mass is 9.88. The van der Waals surface area contributed by atoms with Gasteiger partial charge in [0.1, 0.15) is 12.4 Å². The first-order valence-electron chi connectivity index (χ1n) is 7.56. The van der Waals surface area contributed by atoms with Gasteiger partial charge in [-0.2, -0.15) is 0 Å². The smallest absolute Gasteiger partial charge is 0.123 e. The van der Waals surface area contributed by atoms with E-state index in [2.05, 4.69) is 30.4 Å². The van der Waals surface area contributed by atoms with Crippen LogP contribution in [0.25, 0.3) is 6.08 Å². The van der Waals surface area contributed by atoms with Crippen LogP contribution in [-0.4, -0.2) is 6.61 Å². The summed E-state index contributed by atoms with van der Waals surface area (Å²) in [6.45, 7) is 0.584. The van der Waals surface area contributed by atoms with Crippen LogP contribution < -0.4 is 10.5 Å². The highest BCUT2D eigenvalue weighted by molar-refractivity contribution is 5.49. The van der Waals surface area contributed by atoms with Gasteiger partial charge in [0.25, 0.3) is 0 Å². The second kappa shape index (κ2) is 6.59. The Labute approximate surface area is 126 Å². The Morgan fingerprint density at radius 2 is 1.95 bits per heavy atom. The monoisotopic (exact) mass is 279 g/mol. The normalized spacial score (nSPS) is 17.7. The van der Waals surface area contributed by atoms with Crippen molar-refractivity contribution < 1.29 is 4.74 Å². The van der Waals surface area contributed by atoms with Gasteiger partial charge in [-0.3, -0.25) is 0 Å². The lowest BCUT2D eigenvalue weighted by molar-refractivity contribution is 0.355. The van der Waals surface area contributed by atoms with Crippen LogP contribution in [-0.2, 0) is 6.42 Å². The average molecular weight is 279 g/mol. The minimum atomic E-state index is 0.164. The minimum Gasteiger partial charge on any atom is -0.489 e. The first kappa shape index (κ1) is 13.9. The van der Waals surface area contributed by atoms with Crippen molar-refractivity contribution >= 4 is 6.08 Å². The van der Waals surface area contributed by atoms with E-state index < -0.39 is 0 Å². The molecular formula is C19H21NO. The summed E-state index contributed by atoms with van der Waals surface area (Å²) >= 11 is 0. The van der Waals surface area contributed by atoms with Gasteiger partial charge >= 0.3 is 0 Å². The molecule has 0 saturated heterocycles. The summed E-state index contributed by atoms with van der Waals surface area (Å²) in [6, 6.07) is 16.6. The molecule has 2 nitrogen and oxygen atoms in total. The van der Waals surface area contributed by atoms with Crippen LogP contribution in [0, 0.1) is 0 Å². The molecule has 2 heteroatoms. The van der Waals surface area contributed by atoms with Crippen LogP contribution in [0.3, 0.4) is 0 Å². The summed E-state index contributed by atoms with van der Waals surface area (Å²) in [7, 11) is 0. The first-order chi connectivity index (χ1) is 10.3. The van der Waals surface area contributed by atoms with Gasteiger partial charge in [0.15, 0.2) is 0 Å². The van der Waals surface area contributed by atoms with E-state index in [1.165, 1.54) is 16.7 Å². The highest BCUT2D eigenvalue weighted by Gasteiger charge is 2.19. The van der Waals surface area contributed by atoms with Gasteiger partial charge in [-0.05, 0) is 48.1 Å². The maximum Gasteiger partial charge on any atom is 0.123 e. The molecule has 0 spiro atoms. The molecule has 21 heavy (non-hydrogen) atoms. The fourth-order valence-corrected chi connectivity index (χ4v) is 2.87. The van der Waals surface area contributed by atoms with Crippen molar-refractivity contribution in [1.29, 1.82) is 0 Å². The van der Waals surface area contributed by atoms with Gasteiger partial charge in [0, 0.05) is 6.04 Å². The van der Waals surface area contributed by atoms with E-state index in [0.717, 1.165) is 25.0 Å². The highest BCUT2D eigenvalue weighted by atomic mass is 16.5. The van der Waals surface area contributed by atoms with Gasteiger partial charge in [-0.25, -0.2) is 0 Å². The fourth-order valence-electron chi connectivity index (χ4n) is 2.87. The topological polar surface area (TPSA) is 35.2 Å². The molecule has 1 aliphatic carbocycles. The first-order valence-corrected chi connectivity index (χ1v) is 7.56. The van der Waals surface area contributed by atoms with Crippen molar-refractivity contribution in [2.24, 2.45) is 5.73 Å². The van der Waals surface area contributed by atoms with E-state index in [1.807, 2.05) is 30.3 Å². The van der Waals surface area contributed by atoms with Crippen LogP contribution in [0.1, 0.15) is 35.6 Å². The zero-order chi connectivity index (χ0) is 14.5. The average Bonchev–Trinajstić information content (AvgIpc) is 2.53. The Kier molecular flexibility index (Phi) is 4.37. The zero-order valence-electron chi connectivity index (χ0n) is 12.2. The number of fused-ring (bicyclic) bond motifs is 1. The quantitative estimate of drug-likeness (QED) is 0.914. The van der Waals surface area contributed by atoms with E-state index in [-0.39, 0.29) is 6.04 Å². The van der Waals surface area contributed by atoms with Crippen molar-refractivity contribution in [2.45, 2.75) is 25.3 Å². The molecule has 2 aromatic rings. The molecule has 2 aromatic carbocycles. The Balaban J connectivity index is 1.66. The van der Waals surface area contributed by atoms with E-state index in [1.54, 1.807) is 0 Å². The van der Waals surface area contributed by atoms with Crippen LogP contribution in [0.5, 0.6) is 5.75 Å².